The molecule has 0 aromatic rings. The van der Waals surface area contributed by atoms with Crippen LogP contribution in [0.15, 0.2) is 0 Å². The average molecular weight is 878 g/mol. The Balaban J connectivity index is -0.0000000288. The van der Waals surface area contributed by atoms with E-state index in [9.17, 15) is 14.4 Å². The van der Waals surface area contributed by atoms with E-state index in [0.717, 1.165) is 0 Å². The molecule has 0 aromatic heterocycles. The first-order chi connectivity index (χ1) is 10.4. The fraction of sp³-hybridized carbons (Fsp3) is 0.471. The molecule has 0 spiro atoms. The molecule has 0 atom stereocenters. The summed E-state index contributed by atoms with van der Waals surface area (Å²) in [6.45, 7) is 17.9. The molecule has 0 radical (unpaired) electrons. The zero-order valence-corrected chi connectivity index (χ0v) is 24.8. The number of hydrogen-bond acceptors (Lipinski definition) is 6. The molecule has 0 amide bonds. The molecule has 0 N–H and O–H groups in total. The minimum atomic E-state index is -1.03. The minimum Gasteiger partial charge on any atom is -0.542 e. The molecular formula is C17H26O6W3. The number of hydrogen-bond donors (Lipinski definition) is 0. The van der Waals surface area contributed by atoms with Gasteiger partial charge < -0.3 is 41.1 Å². The number of carbonyl (C=O) groups is 3. The average Bonchev–Trinajstić information content (AvgIpc) is 2.28. The van der Waals surface area contributed by atoms with E-state index in [1.807, 2.05) is 0 Å². The first-order valence-electron chi connectivity index (χ1n) is 6.32. The largest absolute Gasteiger partial charge is 2.00 e. The van der Waals surface area contributed by atoms with Crippen molar-refractivity contribution < 1.29 is 92.0 Å². The predicted molar refractivity (Wildman–Crippen MR) is 89.2 cm³/mol. The monoisotopic (exact) mass is 878 g/mol. The van der Waals surface area contributed by atoms with Crippen LogP contribution in [-0.2, 0) is 92.0 Å². The molecule has 0 aliphatic carbocycles. The van der Waals surface area contributed by atoms with Gasteiger partial charge in [0.25, 0.3) is 0 Å². The summed E-state index contributed by atoms with van der Waals surface area (Å²) in [5.41, 5.74) is 0. The Morgan fingerprint density at radius 3 is 0.692 bits per heavy atom. The zero-order valence-electron chi connectivity index (χ0n) is 16.0. The van der Waals surface area contributed by atoms with E-state index in [2.05, 4.69) is 20.8 Å². The molecule has 0 unspecified atom stereocenters. The SMILES string of the molecule is CC(=O)C(C(C)=O)C(C)=O.C[C-]=O.C[C-]=O.C[C-]=O.[CH2-]C([CH2-])[CH2-].[W+2].[W+2].[W+2]. The quantitative estimate of drug-likeness (QED) is 0.317. The van der Waals surface area contributed by atoms with Crippen molar-refractivity contribution in [2.45, 2.75) is 41.5 Å². The maximum absolute atomic E-state index is 10.6. The van der Waals surface area contributed by atoms with Gasteiger partial charge in [0.1, 0.15) is 23.3 Å². The van der Waals surface area contributed by atoms with Gasteiger partial charge in [-0.05, 0) is 20.8 Å². The van der Waals surface area contributed by atoms with E-state index >= 15 is 0 Å². The summed E-state index contributed by atoms with van der Waals surface area (Å²) < 4.78 is 0. The summed E-state index contributed by atoms with van der Waals surface area (Å²) >= 11 is 0. The molecule has 26 heavy (non-hydrogen) atoms. The fourth-order valence-electron chi connectivity index (χ4n) is 0.859. The van der Waals surface area contributed by atoms with Crippen molar-refractivity contribution >= 4 is 36.2 Å². The first kappa shape index (κ1) is 50.2. The van der Waals surface area contributed by atoms with Gasteiger partial charge in [0, 0.05) is 0 Å². The predicted octanol–water partition coefficient (Wildman–Crippen LogP) is 1.81. The Kier molecular flexibility index (Phi) is 85.9. The topological polar surface area (TPSA) is 102 Å². The zero-order chi connectivity index (χ0) is 20.0. The Labute approximate surface area is 201 Å². The Bertz CT molecular complexity index is 295. The Hall–Kier alpha value is 0.0849. The van der Waals surface area contributed by atoms with Gasteiger partial charge in [-0.25, -0.2) is 0 Å². The van der Waals surface area contributed by atoms with Gasteiger partial charge in [0.2, 0.25) is 0 Å². The molecule has 0 heterocycles. The van der Waals surface area contributed by atoms with Gasteiger partial charge in [-0.3, -0.25) is 33.2 Å². The first-order valence-corrected chi connectivity index (χ1v) is 6.32. The standard InChI is InChI=1S/C7H10O3.C4H7.3C2H3O.3W/c1-4(8)7(5(2)9)6(3)10;1-4(2)3;3*1-2-3;;;/h7H,1-3H3;4H,1-3H2;3*1H3;;;/q;-3;3*-1;3*+2. The normalized spacial score (nSPS) is 6.58. The van der Waals surface area contributed by atoms with Crippen molar-refractivity contribution in [1.29, 1.82) is 0 Å². The molecule has 148 valence electrons. The van der Waals surface area contributed by atoms with Crippen LogP contribution in [0.4, 0.5) is 0 Å². The summed E-state index contributed by atoms with van der Waals surface area (Å²) in [4.78, 5) is 57.8. The summed E-state index contributed by atoms with van der Waals surface area (Å²) in [6.07, 6.45) is 4.50. The van der Waals surface area contributed by atoms with Crippen molar-refractivity contribution in [3.05, 3.63) is 20.8 Å². The van der Waals surface area contributed by atoms with Crippen LogP contribution in [0.25, 0.3) is 0 Å². The van der Waals surface area contributed by atoms with Crippen LogP contribution in [0, 0.1) is 32.6 Å². The van der Waals surface area contributed by atoms with Crippen LogP contribution in [0.1, 0.15) is 41.5 Å². The van der Waals surface area contributed by atoms with Crippen molar-refractivity contribution in [2.24, 2.45) is 11.8 Å². The summed E-state index contributed by atoms with van der Waals surface area (Å²) in [6, 6.07) is 0. The third-order valence-corrected chi connectivity index (χ3v) is 1.22. The molecule has 6 nitrogen and oxygen atoms in total. The second-order valence-electron chi connectivity index (χ2n) is 3.74. The molecule has 0 saturated carbocycles. The molecular weight excluding hydrogens is 852 g/mol. The number of ketones is 3. The molecule has 0 bridgehead atoms. The summed E-state index contributed by atoms with van der Waals surface area (Å²) in [5, 5.41) is 0. The molecule has 0 aliphatic heterocycles. The van der Waals surface area contributed by atoms with E-state index < -0.39 is 5.92 Å². The van der Waals surface area contributed by atoms with Crippen LogP contribution >= 0.6 is 0 Å². The number of Topliss-reactive ketones (excluding diaryl/α,β-unsaturated/α-hetero) is 3. The third-order valence-electron chi connectivity index (χ3n) is 1.22. The van der Waals surface area contributed by atoms with Crippen LogP contribution in [0.3, 0.4) is 0 Å². The van der Waals surface area contributed by atoms with Gasteiger partial charge in [0.05, 0.1) is 0 Å². The van der Waals surface area contributed by atoms with Gasteiger partial charge in [-0.1, -0.05) is 0 Å². The molecule has 0 rings (SSSR count). The third kappa shape index (κ3) is 87.9. The van der Waals surface area contributed by atoms with Crippen molar-refractivity contribution in [3.63, 3.8) is 0 Å². The van der Waals surface area contributed by atoms with Gasteiger partial charge in [-0.15, -0.1) is 0 Å². The van der Waals surface area contributed by atoms with E-state index in [1.54, 1.807) is 0 Å². The van der Waals surface area contributed by atoms with E-state index in [-0.39, 0.29) is 86.5 Å². The molecule has 0 saturated heterocycles. The van der Waals surface area contributed by atoms with E-state index in [1.165, 1.54) is 60.4 Å². The Morgan fingerprint density at radius 2 is 0.692 bits per heavy atom. The maximum Gasteiger partial charge on any atom is 2.00 e. The smallest absolute Gasteiger partial charge is 0.542 e. The Morgan fingerprint density at radius 1 is 0.615 bits per heavy atom. The second kappa shape index (κ2) is 44.5. The van der Waals surface area contributed by atoms with Crippen LogP contribution in [0.2, 0.25) is 0 Å². The van der Waals surface area contributed by atoms with Gasteiger partial charge in [0.15, 0.2) is 0 Å². The number of carbonyl (C=O) groups excluding carboxylic acids is 6. The van der Waals surface area contributed by atoms with Crippen LogP contribution < -0.4 is 0 Å². The van der Waals surface area contributed by atoms with Crippen molar-refractivity contribution in [2.75, 3.05) is 0 Å². The number of rotatable bonds is 3. The fourth-order valence-corrected chi connectivity index (χ4v) is 0.859. The van der Waals surface area contributed by atoms with E-state index in [0.29, 0.717) is 0 Å². The maximum atomic E-state index is 10.6. The molecule has 0 aliphatic rings. The minimum absolute atomic E-state index is 0. The van der Waals surface area contributed by atoms with Gasteiger partial charge >= 0.3 is 63.2 Å². The van der Waals surface area contributed by atoms with Gasteiger partial charge in [-0.2, -0.15) is 20.8 Å². The van der Waals surface area contributed by atoms with Crippen LogP contribution in [-0.4, -0.2) is 36.2 Å². The molecule has 0 fully saturated rings. The van der Waals surface area contributed by atoms with E-state index in [4.69, 9.17) is 14.4 Å². The molecule has 9 heteroatoms. The van der Waals surface area contributed by atoms with Crippen molar-refractivity contribution in [3.8, 4) is 0 Å². The van der Waals surface area contributed by atoms with Crippen LogP contribution in [0.5, 0.6) is 0 Å². The second-order valence-corrected chi connectivity index (χ2v) is 3.74. The summed E-state index contributed by atoms with van der Waals surface area (Å²) in [5.74, 6) is -2.07. The summed E-state index contributed by atoms with van der Waals surface area (Å²) in [7, 11) is 0. The van der Waals surface area contributed by atoms with Crippen molar-refractivity contribution in [1.82, 2.24) is 0 Å². The molecule has 0 aromatic carbocycles.